The van der Waals surface area contributed by atoms with Crippen molar-refractivity contribution < 1.29 is 31.4 Å². The van der Waals surface area contributed by atoms with Gasteiger partial charge in [-0.1, -0.05) is 57.2 Å². The Labute approximate surface area is 195 Å². The van der Waals surface area contributed by atoms with Crippen LogP contribution in [0.25, 0.3) is 0 Å². The molecule has 1 aliphatic carbocycles. The molecule has 2 fully saturated rings. The molecule has 1 heterocycles. The van der Waals surface area contributed by atoms with Gasteiger partial charge in [0.2, 0.25) is 5.75 Å². The van der Waals surface area contributed by atoms with Gasteiger partial charge < -0.3 is 9.47 Å². The van der Waals surface area contributed by atoms with Crippen LogP contribution >= 0.6 is 0 Å². The van der Waals surface area contributed by atoms with E-state index in [2.05, 4.69) is 11.7 Å². The second-order valence-electron chi connectivity index (χ2n) is 9.72. The Morgan fingerprint density at radius 1 is 0.909 bits per heavy atom. The standard InChI is InChI=1S/C25H35F5O2Si/c1-2-3-4-11-33-12-9-19(10-13-33)18-7-5-17(6-8-18)16-31-20-14-21(26)23(22(27)15-20)32-25(30)24(28)29/h14-15,17-19,33H,2-13,16H2,1H3/t17-,18-,19-,33-. The molecule has 0 amide bonds. The van der Waals surface area contributed by atoms with Crippen LogP contribution in [0.5, 0.6) is 11.5 Å². The quantitative estimate of drug-likeness (QED) is 0.142. The van der Waals surface area contributed by atoms with Crippen molar-refractivity contribution in [2.45, 2.75) is 82.8 Å². The summed E-state index contributed by atoms with van der Waals surface area (Å²) in [4.78, 5) is 0. The third-order valence-corrected chi connectivity index (χ3v) is 11.0. The highest BCUT2D eigenvalue weighted by molar-refractivity contribution is 6.58. The number of rotatable bonds is 10. The maximum Gasteiger partial charge on any atom is 0.344 e. The molecule has 1 aromatic rings. The summed E-state index contributed by atoms with van der Waals surface area (Å²) < 4.78 is 74.6. The van der Waals surface area contributed by atoms with Crippen molar-refractivity contribution >= 4 is 8.80 Å². The van der Waals surface area contributed by atoms with Gasteiger partial charge in [-0.25, -0.2) is 8.78 Å². The first-order valence-electron chi connectivity index (χ1n) is 12.4. The lowest BCUT2D eigenvalue weighted by Gasteiger charge is -2.37. The highest BCUT2D eigenvalue weighted by Gasteiger charge is 2.31. The van der Waals surface area contributed by atoms with Crippen LogP contribution < -0.4 is 9.47 Å². The van der Waals surface area contributed by atoms with Crippen LogP contribution in [0, 0.1) is 29.4 Å². The molecular formula is C25H35F5O2Si. The molecule has 0 spiro atoms. The summed E-state index contributed by atoms with van der Waals surface area (Å²) in [5, 5.41) is 0. The normalized spacial score (nSPS) is 25.5. The van der Waals surface area contributed by atoms with Gasteiger partial charge in [-0.2, -0.15) is 13.2 Å². The van der Waals surface area contributed by atoms with Gasteiger partial charge in [-0.05, 0) is 43.4 Å². The Hall–Kier alpha value is -1.57. The average Bonchev–Trinajstić information content (AvgIpc) is 2.81. The SMILES string of the molecule is CCCCC[Si@H]1CC[C@H]([C@H]2CC[C@H](COc3cc(F)c(OC(F)=C(F)F)c(F)c3)CC2)CC1. The fourth-order valence-corrected chi connectivity index (χ4v) is 9.05. The second-order valence-corrected chi connectivity index (χ2v) is 13.2. The molecule has 0 atom stereocenters. The van der Waals surface area contributed by atoms with Gasteiger partial charge in [-0.15, -0.1) is 0 Å². The van der Waals surface area contributed by atoms with Crippen LogP contribution in [0.15, 0.2) is 24.2 Å². The van der Waals surface area contributed by atoms with E-state index in [1.165, 1.54) is 63.1 Å². The molecule has 0 radical (unpaired) electrons. The fraction of sp³-hybridized carbons (Fsp3) is 0.680. The molecule has 0 unspecified atom stereocenters. The van der Waals surface area contributed by atoms with Crippen LogP contribution in [0.2, 0.25) is 18.1 Å². The lowest BCUT2D eigenvalue weighted by Crippen LogP contribution is -2.29. The topological polar surface area (TPSA) is 18.5 Å². The van der Waals surface area contributed by atoms with Gasteiger partial charge in [0, 0.05) is 20.9 Å². The van der Waals surface area contributed by atoms with Gasteiger partial charge in [0.15, 0.2) is 11.6 Å². The first-order chi connectivity index (χ1) is 15.9. The maximum absolute atomic E-state index is 14.0. The Morgan fingerprint density at radius 2 is 1.52 bits per heavy atom. The van der Waals surface area contributed by atoms with E-state index >= 15 is 0 Å². The number of hydrogen-bond acceptors (Lipinski definition) is 2. The minimum absolute atomic E-state index is 0.0593. The molecule has 1 aliphatic heterocycles. The van der Waals surface area contributed by atoms with Gasteiger partial charge in [0.25, 0.3) is 0 Å². The highest BCUT2D eigenvalue weighted by atomic mass is 28.3. The second kappa shape index (κ2) is 12.8. The first kappa shape index (κ1) is 26.0. The molecule has 2 aliphatic rings. The molecule has 33 heavy (non-hydrogen) atoms. The van der Waals surface area contributed by atoms with E-state index in [0.717, 1.165) is 36.8 Å². The molecular weight excluding hydrogens is 455 g/mol. The van der Waals surface area contributed by atoms with E-state index in [1.54, 1.807) is 0 Å². The van der Waals surface area contributed by atoms with Crippen LogP contribution in [0.1, 0.15) is 64.7 Å². The predicted octanol–water partition coefficient (Wildman–Crippen LogP) is 8.39. The summed E-state index contributed by atoms with van der Waals surface area (Å²) in [7, 11) is -0.485. The lowest BCUT2D eigenvalue weighted by molar-refractivity contribution is 0.147. The monoisotopic (exact) mass is 490 g/mol. The van der Waals surface area contributed by atoms with Gasteiger partial charge in [0.05, 0.1) is 6.61 Å². The third kappa shape index (κ3) is 7.72. The van der Waals surface area contributed by atoms with E-state index in [0.29, 0.717) is 12.5 Å². The molecule has 1 saturated carbocycles. The number of halogens is 5. The van der Waals surface area contributed by atoms with Crippen molar-refractivity contribution in [3.63, 3.8) is 0 Å². The summed E-state index contributed by atoms with van der Waals surface area (Å²) in [6.07, 6.45) is 8.57. The molecule has 0 bridgehead atoms. The lowest BCUT2D eigenvalue weighted by atomic mass is 9.74. The Kier molecular flexibility index (Phi) is 10.1. The first-order valence-corrected chi connectivity index (χ1v) is 14.8. The number of ether oxygens (including phenoxy) is 2. The molecule has 0 aromatic heterocycles. The van der Waals surface area contributed by atoms with Crippen LogP contribution in [-0.2, 0) is 0 Å². The number of benzene rings is 1. The van der Waals surface area contributed by atoms with E-state index in [9.17, 15) is 22.0 Å². The zero-order valence-corrected chi connectivity index (χ0v) is 20.5. The number of hydrogen-bond donors (Lipinski definition) is 0. The average molecular weight is 491 g/mol. The zero-order chi connectivity index (χ0) is 23.8. The van der Waals surface area contributed by atoms with E-state index in [1.807, 2.05) is 0 Å². The summed E-state index contributed by atoms with van der Waals surface area (Å²) in [6, 6.07) is 3.87. The van der Waals surface area contributed by atoms with Gasteiger partial charge >= 0.3 is 12.1 Å². The molecule has 2 nitrogen and oxygen atoms in total. The minimum atomic E-state index is -2.79. The highest BCUT2D eigenvalue weighted by Crippen LogP contribution is 2.41. The Bertz CT molecular complexity index is 760. The van der Waals surface area contributed by atoms with E-state index in [4.69, 9.17) is 4.74 Å². The van der Waals surface area contributed by atoms with Gasteiger partial charge in [0.1, 0.15) is 5.75 Å². The summed E-state index contributed by atoms with van der Waals surface area (Å²) in [5.41, 5.74) is 0. The van der Waals surface area contributed by atoms with Crippen molar-refractivity contribution in [1.82, 2.24) is 0 Å². The van der Waals surface area contributed by atoms with E-state index in [-0.39, 0.29) is 5.75 Å². The summed E-state index contributed by atoms with van der Waals surface area (Å²) in [6.45, 7) is 2.61. The van der Waals surface area contributed by atoms with E-state index < -0.39 is 38.3 Å². The molecule has 1 aromatic carbocycles. The molecule has 0 N–H and O–H groups in total. The van der Waals surface area contributed by atoms with Crippen LogP contribution in [-0.4, -0.2) is 15.4 Å². The molecule has 8 heteroatoms. The van der Waals surface area contributed by atoms with Crippen LogP contribution in [0.3, 0.4) is 0 Å². The molecule has 3 rings (SSSR count). The van der Waals surface area contributed by atoms with Crippen molar-refractivity contribution in [1.29, 1.82) is 0 Å². The molecule has 1 saturated heterocycles. The van der Waals surface area contributed by atoms with Gasteiger partial charge in [-0.3, -0.25) is 0 Å². The largest absolute Gasteiger partial charge is 0.493 e. The smallest absolute Gasteiger partial charge is 0.344 e. The van der Waals surface area contributed by atoms with Crippen molar-refractivity contribution in [2.75, 3.05) is 6.61 Å². The maximum atomic E-state index is 14.0. The third-order valence-electron chi connectivity index (χ3n) is 7.46. The van der Waals surface area contributed by atoms with Crippen molar-refractivity contribution in [3.05, 3.63) is 35.9 Å². The number of unbranched alkanes of at least 4 members (excludes halogenated alkanes) is 2. The van der Waals surface area contributed by atoms with Crippen molar-refractivity contribution in [2.24, 2.45) is 17.8 Å². The fourth-order valence-electron chi connectivity index (χ4n) is 5.52. The zero-order valence-electron chi connectivity index (χ0n) is 19.4. The van der Waals surface area contributed by atoms with Crippen molar-refractivity contribution in [3.8, 4) is 11.5 Å². The predicted molar refractivity (Wildman–Crippen MR) is 122 cm³/mol. The van der Waals surface area contributed by atoms with Crippen LogP contribution in [0.4, 0.5) is 22.0 Å². The minimum Gasteiger partial charge on any atom is -0.493 e. The Balaban J connectivity index is 1.41. The molecule has 186 valence electrons. The Morgan fingerprint density at radius 3 is 2.09 bits per heavy atom. The summed E-state index contributed by atoms with van der Waals surface area (Å²) in [5.74, 6) is -1.88. The summed E-state index contributed by atoms with van der Waals surface area (Å²) >= 11 is 0.